The first-order valence-electron chi connectivity index (χ1n) is 13.3. The van der Waals surface area contributed by atoms with Gasteiger partial charge < -0.3 is 39.9 Å². The van der Waals surface area contributed by atoms with E-state index in [9.17, 15) is 44.6 Å². The summed E-state index contributed by atoms with van der Waals surface area (Å²) in [7, 11) is -5.05. The van der Waals surface area contributed by atoms with Crippen molar-refractivity contribution >= 4 is 19.8 Å². The molecule has 0 aromatic rings. The van der Waals surface area contributed by atoms with Gasteiger partial charge in [-0.05, 0) is 6.42 Å². The van der Waals surface area contributed by atoms with E-state index in [1.807, 2.05) is 0 Å². The number of aliphatic hydroxyl groups is 5. The number of rotatable bonds is 19. The Kier molecular flexibility index (Phi) is 16.7. The van der Waals surface area contributed by atoms with E-state index in [0.717, 1.165) is 26.2 Å². The molecule has 6 unspecified atom stereocenters. The molecule has 1 fully saturated rings. The Hall–Kier alpha value is -1.15. The van der Waals surface area contributed by atoms with Crippen LogP contribution in [0.5, 0.6) is 0 Å². The molecule has 1 rings (SSSR count). The van der Waals surface area contributed by atoms with Gasteiger partial charge in [0.15, 0.2) is 6.10 Å². The molecule has 0 aliphatic heterocycles. The van der Waals surface area contributed by atoms with E-state index in [-0.39, 0.29) is 6.42 Å². The standard InChI is InChI=1S/C24H45O13P/c1-3-4-5-6-7-8-9-10-11-12-13-18(26)34-14-17(36-16(2)25)15-35-38(32,33)37-24-22(30)20(28)19(27)21(29)23(24)31/h17,19-24,27-31H,3-15H2,1-2H3,(H,32,33)/t17-,19?,20-,21?,22?,23?,24?/m1/s1. The molecule has 0 radical (unpaired) electrons. The maximum Gasteiger partial charge on any atom is 0.472 e. The third-order valence-electron chi connectivity index (χ3n) is 6.25. The summed E-state index contributed by atoms with van der Waals surface area (Å²) >= 11 is 0. The van der Waals surface area contributed by atoms with Crippen LogP contribution in [0.2, 0.25) is 0 Å². The first-order valence-corrected chi connectivity index (χ1v) is 14.8. The highest BCUT2D eigenvalue weighted by Crippen LogP contribution is 2.47. The average Bonchev–Trinajstić information content (AvgIpc) is 2.86. The van der Waals surface area contributed by atoms with Crippen LogP contribution in [0.1, 0.15) is 84.5 Å². The molecule has 0 spiro atoms. The Balaban J connectivity index is 2.40. The molecule has 1 aliphatic rings. The van der Waals surface area contributed by atoms with Gasteiger partial charge in [0.1, 0.15) is 43.2 Å². The van der Waals surface area contributed by atoms with Crippen molar-refractivity contribution in [2.75, 3.05) is 13.2 Å². The molecule has 13 nitrogen and oxygen atoms in total. The lowest BCUT2D eigenvalue weighted by molar-refractivity contribution is -0.220. The van der Waals surface area contributed by atoms with E-state index >= 15 is 0 Å². The molecule has 6 N–H and O–H groups in total. The summed E-state index contributed by atoms with van der Waals surface area (Å²) in [6.07, 6.45) is -1.89. The monoisotopic (exact) mass is 572 g/mol. The summed E-state index contributed by atoms with van der Waals surface area (Å²) in [5, 5.41) is 48.9. The number of hydrogen-bond acceptors (Lipinski definition) is 12. The minimum atomic E-state index is -5.05. The van der Waals surface area contributed by atoms with Crippen molar-refractivity contribution in [3.05, 3.63) is 0 Å². The summed E-state index contributed by atoms with van der Waals surface area (Å²) in [6.45, 7) is 2.07. The van der Waals surface area contributed by atoms with Crippen molar-refractivity contribution < 1.29 is 63.1 Å². The van der Waals surface area contributed by atoms with Gasteiger partial charge in [-0.2, -0.15) is 0 Å². The van der Waals surface area contributed by atoms with Gasteiger partial charge in [0.05, 0.1) is 6.61 Å². The number of phosphoric ester groups is 1. The summed E-state index contributed by atoms with van der Waals surface area (Å²) in [4.78, 5) is 33.4. The van der Waals surface area contributed by atoms with Crippen LogP contribution in [0.4, 0.5) is 0 Å². The van der Waals surface area contributed by atoms with Crippen LogP contribution in [0, 0.1) is 0 Å². The molecule has 224 valence electrons. The topological polar surface area (TPSA) is 210 Å². The number of aliphatic hydroxyl groups excluding tert-OH is 5. The molecule has 0 aromatic carbocycles. The van der Waals surface area contributed by atoms with Gasteiger partial charge in [0.25, 0.3) is 0 Å². The van der Waals surface area contributed by atoms with Crippen LogP contribution in [0.3, 0.4) is 0 Å². The van der Waals surface area contributed by atoms with Gasteiger partial charge >= 0.3 is 19.8 Å². The van der Waals surface area contributed by atoms with Crippen LogP contribution in [0.25, 0.3) is 0 Å². The maximum absolute atomic E-state index is 12.3. The SMILES string of the molecule is CCCCCCCCCCCCC(=O)OC[C@H](COP(=O)(O)OC1C(O)C(O)C(O)[C@@H](O)C1O)OC(C)=O. The number of carbonyl (C=O) groups is 2. The first kappa shape index (κ1) is 34.9. The highest BCUT2D eigenvalue weighted by molar-refractivity contribution is 7.47. The van der Waals surface area contributed by atoms with Crippen LogP contribution in [-0.2, 0) is 32.7 Å². The Bertz CT molecular complexity index is 720. The fraction of sp³-hybridized carbons (Fsp3) is 0.917. The van der Waals surface area contributed by atoms with Gasteiger partial charge in [0.2, 0.25) is 0 Å². The fourth-order valence-corrected chi connectivity index (χ4v) is 5.02. The number of esters is 2. The second kappa shape index (κ2) is 18.2. The van der Waals surface area contributed by atoms with Crippen molar-refractivity contribution in [3.63, 3.8) is 0 Å². The van der Waals surface area contributed by atoms with Crippen molar-refractivity contribution in [2.45, 2.75) is 127 Å². The molecule has 0 bridgehead atoms. The Morgan fingerprint density at radius 3 is 1.74 bits per heavy atom. The number of carbonyl (C=O) groups excluding carboxylic acids is 2. The lowest BCUT2D eigenvalue weighted by atomic mass is 9.85. The van der Waals surface area contributed by atoms with Crippen molar-refractivity contribution in [3.8, 4) is 0 Å². The lowest BCUT2D eigenvalue weighted by Crippen LogP contribution is -2.64. The molecular formula is C24H45O13P. The zero-order chi connectivity index (χ0) is 28.7. The molecule has 0 saturated heterocycles. The van der Waals surface area contributed by atoms with E-state index in [0.29, 0.717) is 6.42 Å². The summed E-state index contributed by atoms with van der Waals surface area (Å²) in [5.41, 5.74) is 0. The van der Waals surface area contributed by atoms with Gasteiger partial charge in [-0.25, -0.2) is 4.57 Å². The number of phosphoric acid groups is 1. The van der Waals surface area contributed by atoms with E-state index in [4.69, 9.17) is 18.5 Å². The third-order valence-corrected chi connectivity index (χ3v) is 7.23. The number of ether oxygens (including phenoxy) is 2. The minimum Gasteiger partial charge on any atom is -0.462 e. The highest BCUT2D eigenvalue weighted by atomic mass is 31.2. The predicted octanol–water partition coefficient (Wildman–Crippen LogP) is 1.09. The van der Waals surface area contributed by atoms with Crippen LogP contribution in [-0.4, -0.2) is 98.3 Å². The second-order valence-electron chi connectivity index (χ2n) is 9.63. The van der Waals surface area contributed by atoms with E-state index in [1.54, 1.807) is 0 Å². The van der Waals surface area contributed by atoms with E-state index in [1.165, 1.54) is 38.5 Å². The lowest BCUT2D eigenvalue weighted by Gasteiger charge is -2.41. The second-order valence-corrected chi connectivity index (χ2v) is 11.0. The molecule has 38 heavy (non-hydrogen) atoms. The quantitative estimate of drug-likeness (QED) is 0.0728. The Morgan fingerprint density at radius 2 is 1.24 bits per heavy atom. The largest absolute Gasteiger partial charge is 0.472 e. The van der Waals surface area contributed by atoms with Gasteiger partial charge in [0, 0.05) is 13.3 Å². The molecule has 14 heteroatoms. The van der Waals surface area contributed by atoms with Gasteiger partial charge in [-0.15, -0.1) is 0 Å². The summed E-state index contributed by atoms with van der Waals surface area (Å²) in [5.74, 6) is -1.29. The maximum atomic E-state index is 12.3. The van der Waals surface area contributed by atoms with Gasteiger partial charge in [-0.1, -0.05) is 64.7 Å². The first-order chi connectivity index (χ1) is 17.9. The average molecular weight is 573 g/mol. The number of hydrogen-bond donors (Lipinski definition) is 6. The molecular weight excluding hydrogens is 527 g/mol. The van der Waals surface area contributed by atoms with Crippen molar-refractivity contribution in [1.82, 2.24) is 0 Å². The molecule has 0 heterocycles. The van der Waals surface area contributed by atoms with Crippen LogP contribution >= 0.6 is 7.82 Å². The van der Waals surface area contributed by atoms with Crippen LogP contribution < -0.4 is 0 Å². The summed E-state index contributed by atoms with van der Waals surface area (Å²) in [6, 6.07) is 0. The number of unbranched alkanes of at least 4 members (excludes halogenated alkanes) is 9. The van der Waals surface area contributed by atoms with Crippen LogP contribution in [0.15, 0.2) is 0 Å². The minimum absolute atomic E-state index is 0.166. The zero-order valence-corrected chi connectivity index (χ0v) is 23.1. The molecule has 0 amide bonds. The van der Waals surface area contributed by atoms with E-state index < -0.39 is 75.7 Å². The summed E-state index contributed by atoms with van der Waals surface area (Å²) < 4.78 is 31.8. The van der Waals surface area contributed by atoms with Crippen molar-refractivity contribution in [2.24, 2.45) is 0 Å². The smallest absolute Gasteiger partial charge is 0.462 e. The normalized spacial score (nSPS) is 27.9. The Labute approximate surface area is 223 Å². The molecule has 8 atom stereocenters. The Morgan fingerprint density at radius 1 is 0.763 bits per heavy atom. The molecule has 0 aromatic heterocycles. The molecule has 1 aliphatic carbocycles. The molecule has 1 saturated carbocycles. The highest BCUT2D eigenvalue weighted by Gasteiger charge is 2.51. The van der Waals surface area contributed by atoms with E-state index in [2.05, 4.69) is 6.92 Å². The van der Waals surface area contributed by atoms with Gasteiger partial charge in [-0.3, -0.25) is 18.6 Å². The zero-order valence-electron chi connectivity index (χ0n) is 22.2. The predicted molar refractivity (Wildman–Crippen MR) is 134 cm³/mol. The van der Waals surface area contributed by atoms with Crippen molar-refractivity contribution in [1.29, 1.82) is 0 Å². The third kappa shape index (κ3) is 13.3. The fourth-order valence-electron chi connectivity index (χ4n) is 4.05.